The third kappa shape index (κ3) is 3.50. The molecule has 0 saturated carbocycles. The van der Waals surface area contributed by atoms with Crippen molar-refractivity contribution in [3.63, 3.8) is 0 Å². The van der Waals surface area contributed by atoms with Gasteiger partial charge in [0.25, 0.3) is 5.69 Å². The summed E-state index contributed by atoms with van der Waals surface area (Å²) in [5.74, 6) is -2.97. The summed E-state index contributed by atoms with van der Waals surface area (Å²) >= 11 is 0. The average molecular weight is 284 g/mol. The standard InChI is InChI=1S/C12H13FN2O5/c1-12(2,11(17)18)6-9(16)14-10-7(13)4-3-5-8(10)15(19)20/h3-5H,6H2,1-2H3,(H,14,16)(H,17,18). The lowest BCUT2D eigenvalue weighted by Gasteiger charge is -2.18. The molecular weight excluding hydrogens is 271 g/mol. The maximum Gasteiger partial charge on any atom is 0.309 e. The molecule has 20 heavy (non-hydrogen) atoms. The second kappa shape index (κ2) is 5.64. The summed E-state index contributed by atoms with van der Waals surface area (Å²) < 4.78 is 13.5. The molecule has 1 amide bonds. The van der Waals surface area contributed by atoms with E-state index in [9.17, 15) is 24.1 Å². The van der Waals surface area contributed by atoms with Crippen LogP contribution in [0.15, 0.2) is 18.2 Å². The molecule has 0 aromatic heterocycles. The van der Waals surface area contributed by atoms with Gasteiger partial charge in [-0.05, 0) is 19.9 Å². The quantitative estimate of drug-likeness (QED) is 0.636. The number of carbonyl (C=O) groups is 2. The number of nitrogens with zero attached hydrogens (tertiary/aromatic N) is 1. The Kier molecular flexibility index (Phi) is 4.38. The second-order valence-corrected chi connectivity index (χ2v) is 4.81. The van der Waals surface area contributed by atoms with Crippen LogP contribution >= 0.6 is 0 Å². The number of hydrogen-bond donors (Lipinski definition) is 2. The number of nitro groups is 1. The number of para-hydroxylation sites is 1. The van der Waals surface area contributed by atoms with E-state index in [1.54, 1.807) is 0 Å². The van der Waals surface area contributed by atoms with Gasteiger partial charge in [0.2, 0.25) is 5.91 Å². The Balaban J connectivity index is 2.97. The first-order valence-corrected chi connectivity index (χ1v) is 5.61. The molecule has 1 aromatic carbocycles. The Bertz CT molecular complexity index is 571. The summed E-state index contributed by atoms with van der Waals surface area (Å²) in [6.07, 6.45) is -0.437. The van der Waals surface area contributed by atoms with Gasteiger partial charge in [-0.2, -0.15) is 0 Å². The zero-order valence-corrected chi connectivity index (χ0v) is 10.8. The van der Waals surface area contributed by atoms with Crippen molar-refractivity contribution in [1.29, 1.82) is 0 Å². The van der Waals surface area contributed by atoms with Gasteiger partial charge < -0.3 is 10.4 Å². The number of carbonyl (C=O) groups excluding carboxylic acids is 1. The predicted molar refractivity (Wildman–Crippen MR) is 67.7 cm³/mol. The molecule has 0 fully saturated rings. The number of nitrogens with one attached hydrogen (secondary N) is 1. The summed E-state index contributed by atoms with van der Waals surface area (Å²) in [4.78, 5) is 32.5. The average Bonchev–Trinajstić information content (AvgIpc) is 2.30. The molecule has 0 radical (unpaired) electrons. The lowest BCUT2D eigenvalue weighted by Crippen LogP contribution is -2.29. The third-order valence-electron chi connectivity index (χ3n) is 2.63. The van der Waals surface area contributed by atoms with Crippen LogP contribution in [0, 0.1) is 21.3 Å². The first-order chi connectivity index (χ1) is 9.15. The van der Waals surface area contributed by atoms with Gasteiger partial charge in [-0.25, -0.2) is 4.39 Å². The van der Waals surface area contributed by atoms with E-state index < -0.39 is 45.8 Å². The largest absolute Gasteiger partial charge is 0.481 e. The highest BCUT2D eigenvalue weighted by atomic mass is 19.1. The fourth-order valence-electron chi connectivity index (χ4n) is 1.45. The highest BCUT2D eigenvalue weighted by Crippen LogP contribution is 2.28. The lowest BCUT2D eigenvalue weighted by molar-refractivity contribution is -0.384. The molecule has 0 unspecified atom stereocenters. The molecule has 1 aromatic rings. The Morgan fingerprint density at radius 2 is 2.05 bits per heavy atom. The van der Waals surface area contributed by atoms with Crippen LogP contribution in [0.25, 0.3) is 0 Å². The Hall–Kier alpha value is -2.51. The number of rotatable bonds is 5. The molecule has 0 bridgehead atoms. The highest BCUT2D eigenvalue weighted by molar-refractivity contribution is 5.95. The smallest absolute Gasteiger partial charge is 0.309 e. The minimum atomic E-state index is -1.36. The monoisotopic (exact) mass is 284 g/mol. The van der Waals surface area contributed by atoms with Gasteiger partial charge in [0, 0.05) is 12.5 Å². The maximum absolute atomic E-state index is 13.5. The van der Waals surface area contributed by atoms with Crippen LogP contribution in [0.5, 0.6) is 0 Å². The van der Waals surface area contributed by atoms with Gasteiger partial charge in [-0.3, -0.25) is 19.7 Å². The van der Waals surface area contributed by atoms with E-state index in [2.05, 4.69) is 5.32 Å². The van der Waals surface area contributed by atoms with Crippen LogP contribution in [-0.4, -0.2) is 21.9 Å². The Labute approximate surface area is 113 Å². The number of aliphatic carboxylic acids is 1. The van der Waals surface area contributed by atoms with Crippen molar-refractivity contribution in [2.45, 2.75) is 20.3 Å². The van der Waals surface area contributed by atoms with Crippen LogP contribution in [0.2, 0.25) is 0 Å². The summed E-state index contributed by atoms with van der Waals surface area (Å²) in [5.41, 5.74) is -2.51. The molecule has 0 aliphatic carbocycles. The fraction of sp³-hybridized carbons (Fsp3) is 0.333. The van der Waals surface area contributed by atoms with Crippen LogP contribution in [0.1, 0.15) is 20.3 Å². The summed E-state index contributed by atoms with van der Waals surface area (Å²) in [7, 11) is 0. The first kappa shape index (κ1) is 15.5. The number of anilines is 1. The molecule has 8 heteroatoms. The summed E-state index contributed by atoms with van der Waals surface area (Å²) in [5, 5.41) is 21.7. The molecule has 0 aliphatic rings. The molecule has 0 saturated heterocycles. The number of carboxylic acid groups (broad SMARTS) is 1. The molecule has 0 aliphatic heterocycles. The number of nitro benzene ring substituents is 1. The SMILES string of the molecule is CC(C)(CC(=O)Nc1c(F)cccc1[N+](=O)[O-])C(=O)O. The number of hydrogen-bond acceptors (Lipinski definition) is 4. The van der Waals surface area contributed by atoms with E-state index >= 15 is 0 Å². The zero-order chi connectivity index (χ0) is 15.5. The van der Waals surface area contributed by atoms with Gasteiger partial charge in [-0.15, -0.1) is 0 Å². The van der Waals surface area contributed by atoms with E-state index in [0.29, 0.717) is 0 Å². The molecule has 0 heterocycles. The fourth-order valence-corrected chi connectivity index (χ4v) is 1.45. The van der Waals surface area contributed by atoms with Crippen molar-refractivity contribution < 1.29 is 24.0 Å². The number of carboxylic acids is 1. The van der Waals surface area contributed by atoms with Crippen molar-refractivity contribution in [3.05, 3.63) is 34.1 Å². The first-order valence-electron chi connectivity index (χ1n) is 5.61. The number of halogens is 1. The van der Waals surface area contributed by atoms with Gasteiger partial charge in [-0.1, -0.05) is 6.07 Å². The van der Waals surface area contributed by atoms with Crippen molar-refractivity contribution in [2.75, 3.05) is 5.32 Å². The van der Waals surface area contributed by atoms with E-state index in [1.807, 2.05) is 0 Å². The van der Waals surface area contributed by atoms with Crippen molar-refractivity contribution in [3.8, 4) is 0 Å². The maximum atomic E-state index is 13.5. The highest BCUT2D eigenvalue weighted by Gasteiger charge is 2.31. The minimum Gasteiger partial charge on any atom is -0.481 e. The molecule has 0 atom stereocenters. The lowest BCUT2D eigenvalue weighted by atomic mass is 9.89. The van der Waals surface area contributed by atoms with Crippen LogP contribution in [0.3, 0.4) is 0 Å². The molecule has 2 N–H and O–H groups in total. The van der Waals surface area contributed by atoms with Crippen LogP contribution in [0.4, 0.5) is 15.8 Å². The van der Waals surface area contributed by atoms with Crippen LogP contribution in [-0.2, 0) is 9.59 Å². The van der Waals surface area contributed by atoms with Crippen molar-refractivity contribution in [1.82, 2.24) is 0 Å². The molecule has 0 spiro atoms. The van der Waals surface area contributed by atoms with Crippen LogP contribution < -0.4 is 5.32 Å². The Morgan fingerprint density at radius 1 is 1.45 bits per heavy atom. The number of amides is 1. The van der Waals surface area contributed by atoms with Gasteiger partial charge in [0.1, 0.15) is 0 Å². The molecule has 108 valence electrons. The van der Waals surface area contributed by atoms with E-state index in [0.717, 1.165) is 18.2 Å². The zero-order valence-electron chi connectivity index (χ0n) is 10.8. The molecular formula is C12H13FN2O5. The number of benzene rings is 1. The third-order valence-corrected chi connectivity index (χ3v) is 2.63. The predicted octanol–water partition coefficient (Wildman–Crippen LogP) is 2.17. The topological polar surface area (TPSA) is 110 Å². The summed E-state index contributed by atoms with van der Waals surface area (Å²) in [6, 6.07) is 3.15. The van der Waals surface area contributed by atoms with E-state index in [4.69, 9.17) is 5.11 Å². The minimum absolute atomic E-state index is 0.437. The molecule has 7 nitrogen and oxygen atoms in total. The van der Waals surface area contributed by atoms with Gasteiger partial charge >= 0.3 is 5.97 Å². The van der Waals surface area contributed by atoms with Gasteiger partial charge in [0.15, 0.2) is 11.5 Å². The van der Waals surface area contributed by atoms with Gasteiger partial charge in [0.05, 0.1) is 10.3 Å². The summed E-state index contributed by atoms with van der Waals surface area (Å²) in [6.45, 7) is 2.65. The van der Waals surface area contributed by atoms with Crippen molar-refractivity contribution >= 4 is 23.3 Å². The van der Waals surface area contributed by atoms with Crippen molar-refractivity contribution in [2.24, 2.45) is 5.41 Å². The van der Waals surface area contributed by atoms with E-state index in [-0.39, 0.29) is 0 Å². The second-order valence-electron chi connectivity index (χ2n) is 4.81. The molecule has 1 rings (SSSR count). The Morgan fingerprint density at radius 3 is 2.55 bits per heavy atom. The normalized spacial score (nSPS) is 10.9. The van der Waals surface area contributed by atoms with E-state index in [1.165, 1.54) is 13.8 Å².